The van der Waals surface area contributed by atoms with Crippen LogP contribution in [0.4, 0.5) is 0 Å². The largest absolute Gasteiger partial charge is 0.314 e. The molecule has 4 aliphatic rings. The normalized spacial score (nSPS) is 53.8. The van der Waals surface area contributed by atoms with Gasteiger partial charge in [0.2, 0.25) is 0 Å². The Morgan fingerprint density at radius 1 is 1.00 bits per heavy atom. The van der Waals surface area contributed by atoms with Gasteiger partial charge in [-0.1, -0.05) is 13.8 Å². The van der Waals surface area contributed by atoms with Crippen molar-refractivity contribution in [2.24, 2.45) is 23.2 Å². The minimum absolute atomic E-state index is 0.488. The Bertz CT molecular complexity index is 242. The van der Waals surface area contributed by atoms with Crippen molar-refractivity contribution >= 4 is 0 Å². The molecule has 0 amide bonds. The van der Waals surface area contributed by atoms with Crippen LogP contribution in [0, 0.1) is 23.2 Å². The lowest BCUT2D eigenvalue weighted by molar-refractivity contribution is -0.120. The third-order valence-electron chi connectivity index (χ3n) is 5.91. The first-order valence-electron chi connectivity index (χ1n) is 6.26. The lowest BCUT2D eigenvalue weighted by atomic mass is 9.43. The number of nitrogens with one attached hydrogen (secondary N) is 1. The molecular weight excluding hydrogens is 170 g/mol. The van der Waals surface area contributed by atoms with E-state index in [0.717, 1.165) is 17.8 Å². The molecule has 0 heterocycles. The van der Waals surface area contributed by atoms with E-state index in [1.165, 1.54) is 32.1 Å². The smallest absolute Gasteiger partial charge is 0.0237 e. The van der Waals surface area contributed by atoms with Crippen molar-refractivity contribution in [1.29, 1.82) is 0 Å². The predicted octanol–water partition coefficient (Wildman–Crippen LogP) is 2.81. The summed E-state index contributed by atoms with van der Waals surface area (Å²) in [5.74, 6) is 3.10. The van der Waals surface area contributed by atoms with E-state index in [1.54, 1.807) is 0 Å². The zero-order valence-electron chi connectivity index (χ0n) is 9.77. The zero-order chi connectivity index (χ0) is 9.97. The van der Waals surface area contributed by atoms with Gasteiger partial charge in [0.15, 0.2) is 0 Å². The van der Waals surface area contributed by atoms with Crippen LogP contribution in [0.1, 0.15) is 46.0 Å². The summed E-state index contributed by atoms with van der Waals surface area (Å²) in [5.41, 5.74) is 1.02. The molecule has 0 spiro atoms. The second kappa shape index (κ2) is 2.55. The molecular formula is C13H23N. The molecule has 1 nitrogen and oxygen atoms in total. The lowest BCUT2D eigenvalue weighted by Gasteiger charge is -2.66. The molecule has 4 bridgehead atoms. The Balaban J connectivity index is 2.02. The Labute approximate surface area is 87.7 Å². The SMILES string of the molecule is CNC12CC3CC(CC(C3)C1(C)C)C2. The van der Waals surface area contributed by atoms with Crippen LogP contribution in [-0.2, 0) is 0 Å². The molecule has 14 heavy (non-hydrogen) atoms. The fourth-order valence-corrected chi connectivity index (χ4v) is 5.00. The van der Waals surface area contributed by atoms with Crippen LogP contribution in [0.25, 0.3) is 0 Å². The molecule has 0 saturated heterocycles. The molecule has 1 heteroatoms. The maximum Gasteiger partial charge on any atom is 0.0237 e. The first-order valence-corrected chi connectivity index (χ1v) is 6.26. The van der Waals surface area contributed by atoms with Crippen LogP contribution in [0.2, 0.25) is 0 Å². The Morgan fingerprint density at radius 2 is 1.57 bits per heavy atom. The second-order valence-electron chi connectivity index (χ2n) is 6.60. The molecule has 4 rings (SSSR count). The van der Waals surface area contributed by atoms with Crippen LogP contribution in [0.15, 0.2) is 0 Å². The van der Waals surface area contributed by atoms with Crippen LogP contribution in [-0.4, -0.2) is 12.6 Å². The molecule has 1 N–H and O–H groups in total. The van der Waals surface area contributed by atoms with E-state index < -0.39 is 0 Å². The van der Waals surface area contributed by atoms with Crippen molar-refractivity contribution in [2.45, 2.75) is 51.5 Å². The lowest BCUT2D eigenvalue weighted by Crippen LogP contribution is -2.67. The highest BCUT2D eigenvalue weighted by atomic mass is 15.0. The van der Waals surface area contributed by atoms with Crippen molar-refractivity contribution in [3.8, 4) is 0 Å². The highest BCUT2D eigenvalue weighted by Gasteiger charge is 2.60. The van der Waals surface area contributed by atoms with Gasteiger partial charge in [0, 0.05) is 5.54 Å². The maximum absolute atomic E-state index is 3.70. The van der Waals surface area contributed by atoms with Crippen LogP contribution in [0.3, 0.4) is 0 Å². The average Bonchev–Trinajstić information content (AvgIpc) is 2.13. The molecule has 0 radical (unpaired) electrons. The highest BCUT2D eigenvalue weighted by molar-refractivity contribution is 5.14. The topological polar surface area (TPSA) is 12.0 Å². The molecule has 80 valence electrons. The summed E-state index contributed by atoms with van der Waals surface area (Å²) in [7, 11) is 2.19. The molecule has 0 aromatic heterocycles. The van der Waals surface area contributed by atoms with Gasteiger partial charge >= 0.3 is 0 Å². The Morgan fingerprint density at radius 3 is 2.07 bits per heavy atom. The Hall–Kier alpha value is -0.0400. The summed E-state index contributed by atoms with van der Waals surface area (Å²) >= 11 is 0. The molecule has 2 unspecified atom stereocenters. The van der Waals surface area contributed by atoms with Crippen LogP contribution < -0.4 is 5.32 Å². The summed E-state index contributed by atoms with van der Waals surface area (Å²) < 4.78 is 0. The summed E-state index contributed by atoms with van der Waals surface area (Å²) in [4.78, 5) is 0. The van der Waals surface area contributed by atoms with Gasteiger partial charge in [-0.15, -0.1) is 0 Å². The van der Waals surface area contributed by atoms with E-state index in [4.69, 9.17) is 0 Å². The summed E-state index contributed by atoms with van der Waals surface area (Å²) in [6.45, 7) is 5.01. The monoisotopic (exact) mass is 193 g/mol. The summed E-state index contributed by atoms with van der Waals surface area (Å²) in [6, 6.07) is 0. The molecule has 0 aromatic carbocycles. The van der Waals surface area contributed by atoms with Gasteiger partial charge in [-0.2, -0.15) is 0 Å². The van der Waals surface area contributed by atoms with Crippen LogP contribution >= 0.6 is 0 Å². The third kappa shape index (κ3) is 0.900. The fourth-order valence-electron chi connectivity index (χ4n) is 5.00. The minimum atomic E-state index is 0.488. The zero-order valence-corrected chi connectivity index (χ0v) is 9.77. The van der Waals surface area contributed by atoms with Gasteiger partial charge in [0.05, 0.1) is 0 Å². The standard InChI is InChI=1S/C13H23N/c1-12(2)11-5-9-4-10(6-11)8-13(12,7-9)14-3/h9-11,14H,4-8H2,1-3H3. The van der Waals surface area contributed by atoms with Gasteiger partial charge in [-0.25, -0.2) is 0 Å². The maximum atomic E-state index is 3.70. The van der Waals surface area contributed by atoms with Gasteiger partial charge < -0.3 is 5.32 Å². The molecule has 4 saturated carbocycles. The second-order valence-corrected chi connectivity index (χ2v) is 6.60. The predicted molar refractivity (Wildman–Crippen MR) is 59.1 cm³/mol. The van der Waals surface area contributed by atoms with Gasteiger partial charge in [-0.3, -0.25) is 0 Å². The molecule has 2 atom stereocenters. The van der Waals surface area contributed by atoms with E-state index in [-0.39, 0.29) is 0 Å². The van der Waals surface area contributed by atoms with Gasteiger partial charge in [-0.05, 0) is 62.3 Å². The molecule has 0 aromatic rings. The fraction of sp³-hybridized carbons (Fsp3) is 1.00. The first kappa shape index (κ1) is 9.21. The first-order chi connectivity index (χ1) is 6.57. The number of rotatable bonds is 1. The quantitative estimate of drug-likeness (QED) is 0.675. The van der Waals surface area contributed by atoms with Crippen molar-refractivity contribution in [3.63, 3.8) is 0 Å². The highest BCUT2D eigenvalue weighted by Crippen LogP contribution is 2.63. The average molecular weight is 193 g/mol. The minimum Gasteiger partial charge on any atom is -0.314 e. The van der Waals surface area contributed by atoms with E-state index in [1.807, 2.05) is 0 Å². The van der Waals surface area contributed by atoms with E-state index in [2.05, 4.69) is 26.2 Å². The van der Waals surface area contributed by atoms with E-state index >= 15 is 0 Å². The van der Waals surface area contributed by atoms with Crippen LogP contribution in [0.5, 0.6) is 0 Å². The van der Waals surface area contributed by atoms with E-state index in [9.17, 15) is 0 Å². The number of hydrogen-bond acceptors (Lipinski definition) is 1. The summed E-state index contributed by atoms with van der Waals surface area (Å²) in [6.07, 6.45) is 7.48. The molecule has 4 aliphatic carbocycles. The van der Waals surface area contributed by atoms with Gasteiger partial charge in [0.1, 0.15) is 0 Å². The summed E-state index contributed by atoms with van der Waals surface area (Å²) in [5, 5.41) is 3.70. The van der Waals surface area contributed by atoms with E-state index in [0.29, 0.717) is 11.0 Å². The van der Waals surface area contributed by atoms with Crippen molar-refractivity contribution in [1.82, 2.24) is 5.32 Å². The van der Waals surface area contributed by atoms with Gasteiger partial charge in [0.25, 0.3) is 0 Å². The van der Waals surface area contributed by atoms with Crippen molar-refractivity contribution < 1.29 is 0 Å². The van der Waals surface area contributed by atoms with Crippen molar-refractivity contribution in [3.05, 3.63) is 0 Å². The Kier molecular flexibility index (Phi) is 1.68. The molecule has 0 aliphatic heterocycles. The van der Waals surface area contributed by atoms with Crippen molar-refractivity contribution in [2.75, 3.05) is 7.05 Å². The third-order valence-corrected chi connectivity index (χ3v) is 5.91. The molecule has 4 fully saturated rings. The number of hydrogen-bond donors (Lipinski definition) is 1.